The van der Waals surface area contributed by atoms with Crippen molar-refractivity contribution in [2.75, 3.05) is 78.4 Å². The van der Waals surface area contributed by atoms with E-state index < -0.39 is 18.0 Å². The number of piperidine rings is 3. The molecule has 3 saturated heterocycles. The SMILES string of the molecule is C.CC1CCN(CC(=O)OCC(=O)N(C)C)CC1.Cc1cc(C[C@@H](OC(=O)N2CCC(N3CCc4ccccc4NC3=O)CC2)C(=O)N2CCC(C)CC2)cc2oc(=O)[nH]c12. The Morgan fingerprint density at radius 1 is 0.869 bits per heavy atom. The van der Waals surface area contributed by atoms with Crippen molar-refractivity contribution in [2.24, 2.45) is 11.8 Å². The van der Waals surface area contributed by atoms with Gasteiger partial charge in [-0.25, -0.2) is 14.4 Å². The Labute approximate surface area is 358 Å². The van der Waals surface area contributed by atoms with Gasteiger partial charge in [0, 0.05) is 65.0 Å². The van der Waals surface area contributed by atoms with Crippen LogP contribution >= 0.6 is 0 Å². The summed E-state index contributed by atoms with van der Waals surface area (Å²) < 4.78 is 16.2. The topological polar surface area (TPSA) is 178 Å². The van der Waals surface area contributed by atoms with Gasteiger partial charge in [-0.15, -0.1) is 0 Å². The van der Waals surface area contributed by atoms with E-state index >= 15 is 0 Å². The van der Waals surface area contributed by atoms with Crippen LogP contribution in [0, 0.1) is 18.8 Å². The number of H-pyrrole nitrogens is 1. The number of carbonyl (C=O) groups excluding carboxylic acids is 5. The Morgan fingerprint density at radius 2 is 1.51 bits per heavy atom. The number of amides is 5. The second kappa shape index (κ2) is 21.4. The second-order valence-electron chi connectivity index (χ2n) is 17.0. The first kappa shape index (κ1) is 46.7. The Morgan fingerprint density at radius 3 is 2.18 bits per heavy atom. The van der Waals surface area contributed by atoms with Crippen LogP contribution in [0.25, 0.3) is 11.1 Å². The van der Waals surface area contributed by atoms with E-state index in [1.165, 1.54) is 4.90 Å². The number of oxazole rings is 1. The number of fused-ring (bicyclic) bond motifs is 2. The molecule has 16 heteroatoms. The minimum atomic E-state index is -1.00. The van der Waals surface area contributed by atoms with Crippen molar-refractivity contribution in [1.29, 1.82) is 0 Å². The van der Waals surface area contributed by atoms with Crippen molar-refractivity contribution in [1.82, 2.24) is 29.5 Å². The van der Waals surface area contributed by atoms with Gasteiger partial charge in [0.2, 0.25) is 0 Å². The largest absolute Gasteiger partial charge is 0.455 e. The highest BCUT2D eigenvalue weighted by Crippen LogP contribution is 2.26. The molecule has 2 aromatic carbocycles. The van der Waals surface area contributed by atoms with Crippen LogP contribution in [0.4, 0.5) is 15.3 Å². The number of likely N-dealkylation sites (N-methyl/N-ethyl adjacent to an activating group) is 1. The lowest BCUT2D eigenvalue weighted by atomic mass is 9.98. The third kappa shape index (κ3) is 12.6. The standard InChI is InChI=1S/C32H39N5O6.C12H22N2O3.CH4/c1-20-7-12-35(13-8-20)29(38)27(19-22-17-21(2)28-26(18-22)42-31(40)34-28)43-32(41)36-14-10-24(11-15-36)37-16-9-23-5-3-4-6-25(23)33-30(37)39;1-10-4-6-14(7-5-10)8-12(16)17-9-11(15)13(2)3;/h3-6,17-18,20,24,27H,7-16,19H2,1-2H3,(H,33,39)(H,34,40);10H,4-9H2,1-3H3;1H4/t27-;;/m1../s1. The molecule has 4 aliphatic rings. The van der Waals surface area contributed by atoms with Gasteiger partial charge in [-0.2, -0.15) is 0 Å². The Bertz CT molecular complexity index is 2040. The number of anilines is 1. The fourth-order valence-electron chi connectivity index (χ4n) is 8.25. The van der Waals surface area contributed by atoms with Crippen molar-refractivity contribution < 1.29 is 37.9 Å². The van der Waals surface area contributed by atoms with E-state index in [1.54, 1.807) is 30.0 Å². The maximum atomic E-state index is 13.7. The molecule has 0 radical (unpaired) electrons. The number of rotatable bonds is 9. The van der Waals surface area contributed by atoms with Gasteiger partial charge in [0.05, 0.1) is 12.1 Å². The number of hydrogen-bond donors (Lipinski definition) is 2. The van der Waals surface area contributed by atoms with Gasteiger partial charge in [0.15, 0.2) is 18.3 Å². The van der Waals surface area contributed by atoms with E-state index in [4.69, 9.17) is 13.9 Å². The summed E-state index contributed by atoms with van der Waals surface area (Å²) in [6.07, 6.45) is 4.75. The summed E-state index contributed by atoms with van der Waals surface area (Å²) in [5.41, 5.74) is 4.55. The monoisotopic (exact) mass is 847 g/mol. The molecule has 3 aromatic rings. The van der Waals surface area contributed by atoms with Gasteiger partial charge in [-0.3, -0.25) is 24.3 Å². The number of para-hydroxylation sites is 1. The molecule has 5 amide bonds. The molecule has 61 heavy (non-hydrogen) atoms. The van der Waals surface area contributed by atoms with E-state index in [-0.39, 0.29) is 50.3 Å². The third-order valence-corrected chi connectivity index (χ3v) is 12.2. The number of carbonyl (C=O) groups is 5. The average molecular weight is 848 g/mol. The molecule has 4 aliphatic heterocycles. The molecule has 0 unspecified atom stereocenters. The second-order valence-corrected chi connectivity index (χ2v) is 17.0. The molecule has 0 spiro atoms. The first-order valence-corrected chi connectivity index (χ1v) is 21.3. The predicted molar refractivity (Wildman–Crippen MR) is 232 cm³/mol. The highest BCUT2D eigenvalue weighted by atomic mass is 16.6. The van der Waals surface area contributed by atoms with E-state index in [2.05, 4.69) is 29.0 Å². The van der Waals surface area contributed by atoms with Crippen LogP contribution in [0.3, 0.4) is 0 Å². The van der Waals surface area contributed by atoms with Crippen LogP contribution in [-0.2, 0) is 36.7 Å². The minimum absolute atomic E-state index is 0. The van der Waals surface area contributed by atoms with Crippen molar-refractivity contribution in [3.8, 4) is 0 Å². The van der Waals surface area contributed by atoms with Crippen molar-refractivity contribution in [3.63, 3.8) is 0 Å². The fraction of sp³-hybridized carbons (Fsp3) is 0.600. The van der Waals surface area contributed by atoms with Crippen LogP contribution in [-0.4, -0.2) is 145 Å². The summed E-state index contributed by atoms with van der Waals surface area (Å²) in [5, 5.41) is 3.03. The van der Waals surface area contributed by atoms with Crippen LogP contribution < -0.4 is 11.1 Å². The number of likely N-dealkylation sites (tertiary alicyclic amines) is 3. The number of ether oxygens (including phenoxy) is 2. The van der Waals surface area contributed by atoms with Crippen LogP contribution in [0.5, 0.6) is 0 Å². The van der Waals surface area contributed by atoms with Crippen molar-refractivity contribution in [3.05, 3.63) is 63.6 Å². The van der Waals surface area contributed by atoms with Gasteiger partial charge >= 0.3 is 23.8 Å². The zero-order valence-electron chi connectivity index (χ0n) is 35.7. The molecule has 16 nitrogen and oxygen atoms in total. The fourth-order valence-corrected chi connectivity index (χ4v) is 8.25. The lowest BCUT2D eigenvalue weighted by molar-refractivity contribution is -0.152. The highest BCUT2D eigenvalue weighted by Gasteiger charge is 2.35. The van der Waals surface area contributed by atoms with Gasteiger partial charge < -0.3 is 38.8 Å². The van der Waals surface area contributed by atoms with E-state index in [9.17, 15) is 28.8 Å². The number of aromatic nitrogens is 1. The highest BCUT2D eigenvalue weighted by molar-refractivity contribution is 5.91. The summed E-state index contributed by atoms with van der Waals surface area (Å²) >= 11 is 0. The van der Waals surface area contributed by atoms with Crippen LogP contribution in [0.2, 0.25) is 0 Å². The summed E-state index contributed by atoms with van der Waals surface area (Å²) in [5.74, 6) is 0.0536. The van der Waals surface area contributed by atoms with Crippen LogP contribution in [0.15, 0.2) is 45.6 Å². The average Bonchev–Trinajstić information content (AvgIpc) is 3.53. The molecule has 334 valence electrons. The number of benzene rings is 2. The number of aromatic amines is 1. The summed E-state index contributed by atoms with van der Waals surface area (Å²) in [6.45, 7) is 11.0. The number of esters is 1. The zero-order chi connectivity index (χ0) is 42.9. The number of aryl methyl sites for hydroxylation is 1. The summed E-state index contributed by atoms with van der Waals surface area (Å²) in [7, 11) is 3.28. The van der Waals surface area contributed by atoms with E-state index in [1.807, 2.05) is 42.2 Å². The molecule has 2 N–H and O–H groups in total. The molecule has 0 aliphatic carbocycles. The molecule has 7 rings (SSSR count). The first-order valence-electron chi connectivity index (χ1n) is 21.3. The predicted octanol–water partition coefficient (Wildman–Crippen LogP) is 5.28. The minimum Gasteiger partial charge on any atom is -0.455 e. The normalized spacial score (nSPS) is 18.4. The van der Waals surface area contributed by atoms with E-state index in [0.29, 0.717) is 69.1 Å². The maximum Gasteiger partial charge on any atom is 0.417 e. The van der Waals surface area contributed by atoms with Crippen LogP contribution in [0.1, 0.15) is 76.5 Å². The van der Waals surface area contributed by atoms with Gasteiger partial charge in [-0.05, 0) is 106 Å². The van der Waals surface area contributed by atoms with E-state index in [0.717, 1.165) is 73.5 Å². The van der Waals surface area contributed by atoms with Gasteiger partial charge in [0.1, 0.15) is 0 Å². The molecule has 0 saturated carbocycles. The third-order valence-electron chi connectivity index (χ3n) is 12.2. The smallest absolute Gasteiger partial charge is 0.417 e. The molecular weight excluding hydrogens is 783 g/mol. The molecule has 1 aromatic heterocycles. The Hall–Kier alpha value is -5.38. The Balaban J connectivity index is 0.000000331. The molecule has 5 heterocycles. The number of nitrogens with zero attached hydrogens (tertiary/aromatic N) is 5. The Kier molecular flexibility index (Phi) is 16.4. The van der Waals surface area contributed by atoms with Gasteiger partial charge in [-0.1, -0.05) is 45.5 Å². The maximum absolute atomic E-state index is 13.7. The molecule has 1 atom stereocenters. The lowest BCUT2D eigenvalue weighted by Crippen LogP contribution is -2.51. The summed E-state index contributed by atoms with van der Waals surface area (Å²) in [4.78, 5) is 86.1. The quantitative estimate of drug-likeness (QED) is 0.270. The van der Waals surface area contributed by atoms with Crippen molar-refractivity contribution in [2.45, 2.75) is 91.7 Å². The first-order chi connectivity index (χ1) is 28.7. The number of nitrogens with one attached hydrogen (secondary N) is 2. The zero-order valence-corrected chi connectivity index (χ0v) is 35.7. The molecule has 3 fully saturated rings. The van der Waals surface area contributed by atoms with Crippen molar-refractivity contribution >= 4 is 46.7 Å². The van der Waals surface area contributed by atoms with Gasteiger partial charge in [0.25, 0.3) is 11.8 Å². The molecular formula is C45H65N7O9. The lowest BCUT2D eigenvalue weighted by Gasteiger charge is -2.38. The number of hydrogen-bond acceptors (Lipinski definition) is 10. The molecule has 0 bridgehead atoms. The summed E-state index contributed by atoms with van der Waals surface area (Å²) in [6, 6.07) is 11.4. The number of urea groups is 1.